The minimum Gasteiger partial charge on any atom is -0.496 e. The van der Waals surface area contributed by atoms with Gasteiger partial charge in [0.15, 0.2) is 0 Å². The topological polar surface area (TPSA) is 73.9 Å². The fraction of sp³-hybridized carbons (Fsp3) is 0.440. The second-order valence-electron chi connectivity index (χ2n) is 8.13. The number of likely N-dealkylation sites (tertiary alicyclic amines) is 1. The molecule has 0 aromatic heterocycles. The van der Waals surface area contributed by atoms with E-state index in [1.54, 1.807) is 19.1 Å². The summed E-state index contributed by atoms with van der Waals surface area (Å²) in [4.78, 5) is 28.8. The van der Waals surface area contributed by atoms with Gasteiger partial charge in [-0.05, 0) is 37.6 Å². The maximum Gasteiger partial charge on any atom is 0.317 e. The number of nitrogens with one attached hydrogen (secondary N) is 2. The van der Waals surface area contributed by atoms with Crippen molar-refractivity contribution in [2.24, 2.45) is 0 Å². The molecule has 2 N–H and O–H groups in total. The molecule has 32 heavy (non-hydrogen) atoms. The predicted molar refractivity (Wildman–Crippen MR) is 125 cm³/mol. The molecule has 3 amide bonds. The first kappa shape index (κ1) is 23.6. The number of ether oxygens (including phenoxy) is 1. The van der Waals surface area contributed by atoms with Gasteiger partial charge in [0.05, 0.1) is 13.2 Å². The molecule has 1 aliphatic rings. The number of nitrogens with zero attached hydrogens (tertiary/aromatic N) is 2. The van der Waals surface area contributed by atoms with E-state index in [1.807, 2.05) is 48.5 Å². The number of para-hydroxylation sites is 1. The zero-order valence-electron chi connectivity index (χ0n) is 19.0. The Morgan fingerprint density at radius 2 is 1.72 bits per heavy atom. The van der Waals surface area contributed by atoms with Crippen molar-refractivity contribution >= 4 is 11.9 Å². The molecule has 0 aliphatic carbocycles. The highest BCUT2D eigenvalue weighted by molar-refractivity contribution is 5.78. The zero-order chi connectivity index (χ0) is 22.8. The first-order valence-electron chi connectivity index (χ1n) is 11.2. The third-order valence-electron chi connectivity index (χ3n) is 5.81. The molecule has 0 saturated carbocycles. The summed E-state index contributed by atoms with van der Waals surface area (Å²) in [6, 6.07) is 17.7. The van der Waals surface area contributed by atoms with E-state index in [1.165, 1.54) is 12.8 Å². The van der Waals surface area contributed by atoms with Crippen LogP contribution in [0.25, 0.3) is 0 Å². The SMILES string of the molecule is COc1ccccc1C(CNC(=O)CCNC(=O)N(C)Cc1ccccc1)N1CCCC1. The fourth-order valence-corrected chi connectivity index (χ4v) is 4.08. The van der Waals surface area contributed by atoms with Gasteiger partial charge < -0.3 is 20.3 Å². The largest absolute Gasteiger partial charge is 0.496 e. The van der Waals surface area contributed by atoms with Crippen LogP contribution in [0.15, 0.2) is 54.6 Å². The molecule has 1 heterocycles. The first-order chi connectivity index (χ1) is 15.6. The Labute approximate surface area is 190 Å². The van der Waals surface area contributed by atoms with Crippen molar-refractivity contribution in [3.63, 3.8) is 0 Å². The van der Waals surface area contributed by atoms with Crippen molar-refractivity contribution in [1.82, 2.24) is 20.4 Å². The molecule has 1 atom stereocenters. The van der Waals surface area contributed by atoms with Gasteiger partial charge in [-0.25, -0.2) is 4.79 Å². The molecule has 172 valence electrons. The van der Waals surface area contributed by atoms with Crippen LogP contribution in [0, 0.1) is 0 Å². The first-order valence-corrected chi connectivity index (χ1v) is 11.2. The second-order valence-corrected chi connectivity index (χ2v) is 8.13. The lowest BCUT2D eigenvalue weighted by Crippen LogP contribution is -2.40. The van der Waals surface area contributed by atoms with Crippen molar-refractivity contribution < 1.29 is 14.3 Å². The number of hydrogen-bond donors (Lipinski definition) is 2. The summed E-state index contributed by atoms with van der Waals surface area (Å²) in [7, 11) is 3.42. The monoisotopic (exact) mass is 438 g/mol. The number of urea groups is 1. The Morgan fingerprint density at radius 1 is 1.03 bits per heavy atom. The quantitative estimate of drug-likeness (QED) is 0.598. The van der Waals surface area contributed by atoms with E-state index in [-0.39, 0.29) is 24.4 Å². The number of carbonyl (C=O) groups is 2. The van der Waals surface area contributed by atoms with Gasteiger partial charge >= 0.3 is 6.03 Å². The Hall–Kier alpha value is -3.06. The third-order valence-corrected chi connectivity index (χ3v) is 5.81. The molecule has 7 heteroatoms. The van der Waals surface area contributed by atoms with Crippen LogP contribution < -0.4 is 15.4 Å². The number of rotatable bonds is 10. The fourth-order valence-electron chi connectivity index (χ4n) is 4.08. The van der Waals surface area contributed by atoms with E-state index in [4.69, 9.17) is 4.74 Å². The van der Waals surface area contributed by atoms with Gasteiger partial charge in [-0.3, -0.25) is 9.69 Å². The molecule has 0 spiro atoms. The number of hydrogen-bond acceptors (Lipinski definition) is 4. The molecule has 0 radical (unpaired) electrons. The smallest absolute Gasteiger partial charge is 0.317 e. The number of methoxy groups -OCH3 is 1. The van der Waals surface area contributed by atoms with Crippen LogP contribution in [-0.4, -0.2) is 62.1 Å². The number of benzene rings is 2. The van der Waals surface area contributed by atoms with Gasteiger partial charge in [-0.2, -0.15) is 0 Å². The van der Waals surface area contributed by atoms with E-state index in [0.29, 0.717) is 19.6 Å². The van der Waals surface area contributed by atoms with E-state index < -0.39 is 0 Å². The molecule has 7 nitrogen and oxygen atoms in total. The van der Waals surface area contributed by atoms with Gasteiger partial charge in [0.2, 0.25) is 5.91 Å². The van der Waals surface area contributed by atoms with Crippen LogP contribution in [0.3, 0.4) is 0 Å². The van der Waals surface area contributed by atoms with Gasteiger partial charge in [-0.15, -0.1) is 0 Å². The molecule has 1 saturated heterocycles. The maximum absolute atomic E-state index is 12.5. The summed E-state index contributed by atoms with van der Waals surface area (Å²) in [5, 5.41) is 5.87. The number of carbonyl (C=O) groups excluding carboxylic acids is 2. The predicted octanol–water partition coefficient (Wildman–Crippen LogP) is 3.18. The molecule has 2 aromatic rings. The number of amides is 3. The Kier molecular flexibility index (Phi) is 8.92. The van der Waals surface area contributed by atoms with Crippen LogP contribution >= 0.6 is 0 Å². The van der Waals surface area contributed by atoms with E-state index in [9.17, 15) is 9.59 Å². The van der Waals surface area contributed by atoms with E-state index in [0.717, 1.165) is 30.0 Å². The van der Waals surface area contributed by atoms with Crippen molar-refractivity contribution in [2.45, 2.75) is 31.8 Å². The summed E-state index contributed by atoms with van der Waals surface area (Å²) in [6.45, 7) is 3.37. The van der Waals surface area contributed by atoms with Crippen molar-refractivity contribution in [2.75, 3.05) is 40.3 Å². The molecule has 1 fully saturated rings. The normalized spacial score (nSPS) is 14.6. The average molecular weight is 439 g/mol. The van der Waals surface area contributed by atoms with Crippen molar-refractivity contribution in [3.8, 4) is 5.75 Å². The van der Waals surface area contributed by atoms with Gasteiger partial charge in [0, 0.05) is 38.7 Å². The van der Waals surface area contributed by atoms with Crippen LogP contribution in [0.2, 0.25) is 0 Å². The van der Waals surface area contributed by atoms with Gasteiger partial charge in [-0.1, -0.05) is 48.5 Å². The molecule has 2 aromatic carbocycles. The summed E-state index contributed by atoms with van der Waals surface area (Å²) in [5.74, 6) is 0.766. The van der Waals surface area contributed by atoms with Crippen molar-refractivity contribution in [1.29, 1.82) is 0 Å². The molecule has 3 rings (SSSR count). The summed E-state index contributed by atoms with van der Waals surface area (Å²) in [6.07, 6.45) is 2.58. The summed E-state index contributed by atoms with van der Waals surface area (Å²) < 4.78 is 5.56. The Bertz CT molecular complexity index is 869. The minimum atomic E-state index is -0.189. The highest BCUT2D eigenvalue weighted by Gasteiger charge is 2.26. The van der Waals surface area contributed by atoms with Crippen LogP contribution in [-0.2, 0) is 11.3 Å². The summed E-state index contributed by atoms with van der Waals surface area (Å²) in [5.41, 5.74) is 2.15. The lowest BCUT2D eigenvalue weighted by atomic mass is 10.0. The molecule has 0 bridgehead atoms. The third kappa shape index (κ3) is 6.72. The van der Waals surface area contributed by atoms with Crippen LogP contribution in [0.4, 0.5) is 4.79 Å². The zero-order valence-corrected chi connectivity index (χ0v) is 19.0. The Morgan fingerprint density at radius 3 is 2.44 bits per heavy atom. The van der Waals surface area contributed by atoms with Crippen LogP contribution in [0.5, 0.6) is 5.75 Å². The highest BCUT2D eigenvalue weighted by Crippen LogP contribution is 2.31. The minimum absolute atomic E-state index is 0.0733. The van der Waals surface area contributed by atoms with Gasteiger partial charge in [0.25, 0.3) is 0 Å². The van der Waals surface area contributed by atoms with E-state index in [2.05, 4.69) is 21.6 Å². The van der Waals surface area contributed by atoms with Crippen molar-refractivity contribution in [3.05, 3.63) is 65.7 Å². The molecular weight excluding hydrogens is 404 g/mol. The standard InChI is InChI=1S/C25H34N4O3/c1-28(19-20-10-4-3-5-11-20)25(31)26-15-14-24(30)27-18-22(29-16-8-9-17-29)21-12-6-7-13-23(21)32-2/h3-7,10-13,22H,8-9,14-19H2,1-2H3,(H,26,31)(H,27,30). The lowest BCUT2D eigenvalue weighted by Gasteiger charge is -2.29. The molecule has 1 aliphatic heterocycles. The van der Waals surface area contributed by atoms with Crippen LogP contribution in [0.1, 0.15) is 36.4 Å². The maximum atomic E-state index is 12.5. The average Bonchev–Trinajstić information content (AvgIpc) is 3.34. The lowest BCUT2D eigenvalue weighted by molar-refractivity contribution is -0.121. The Balaban J connectivity index is 1.46. The van der Waals surface area contributed by atoms with E-state index >= 15 is 0 Å². The second kappa shape index (κ2) is 12.1. The summed E-state index contributed by atoms with van der Waals surface area (Å²) >= 11 is 0. The highest BCUT2D eigenvalue weighted by atomic mass is 16.5. The van der Waals surface area contributed by atoms with Gasteiger partial charge in [0.1, 0.15) is 5.75 Å². The molecule has 1 unspecified atom stereocenters. The molecular formula is C25H34N4O3.